The van der Waals surface area contributed by atoms with E-state index in [1.54, 1.807) is 19.2 Å². The number of urea groups is 1. The Balaban J connectivity index is 1.32. The first-order chi connectivity index (χ1) is 17.6. The first-order valence-corrected chi connectivity index (χ1v) is 12.2. The average Bonchev–Trinajstić information content (AvgIpc) is 3.52. The van der Waals surface area contributed by atoms with Crippen LogP contribution in [0.25, 0.3) is 33.2 Å². The number of aromatic amines is 1. The van der Waals surface area contributed by atoms with Crippen molar-refractivity contribution < 1.29 is 9.18 Å². The van der Waals surface area contributed by atoms with Crippen LogP contribution in [0.5, 0.6) is 0 Å². The van der Waals surface area contributed by atoms with Crippen LogP contribution in [0.15, 0.2) is 67.1 Å². The summed E-state index contributed by atoms with van der Waals surface area (Å²) in [6.07, 6.45) is 7.54. The molecule has 2 amide bonds. The highest BCUT2D eigenvalue weighted by Crippen LogP contribution is 2.34. The second kappa shape index (κ2) is 9.11. The van der Waals surface area contributed by atoms with Crippen molar-refractivity contribution in [3.05, 3.63) is 84.2 Å². The van der Waals surface area contributed by atoms with Crippen LogP contribution in [0.1, 0.15) is 30.0 Å². The van der Waals surface area contributed by atoms with E-state index in [4.69, 9.17) is 4.98 Å². The van der Waals surface area contributed by atoms with Crippen LogP contribution in [0.3, 0.4) is 0 Å². The highest BCUT2D eigenvalue weighted by atomic mass is 19.1. The minimum absolute atomic E-state index is 0.0147. The Hall–Kier alpha value is -4.20. The number of carbonyl (C=O) groups excluding carboxylic acids is 1. The Morgan fingerprint density at radius 1 is 1.14 bits per heavy atom. The van der Waals surface area contributed by atoms with E-state index in [9.17, 15) is 9.18 Å². The van der Waals surface area contributed by atoms with Crippen LogP contribution in [-0.2, 0) is 6.54 Å². The predicted molar refractivity (Wildman–Crippen MR) is 138 cm³/mol. The number of benzene rings is 1. The molecule has 0 atom stereocenters. The summed E-state index contributed by atoms with van der Waals surface area (Å²) in [5.74, 6) is 0.126. The zero-order valence-electron chi connectivity index (χ0n) is 20.0. The molecule has 36 heavy (non-hydrogen) atoms. The lowest BCUT2D eigenvalue weighted by molar-refractivity contribution is 0.183. The Morgan fingerprint density at radius 3 is 2.81 bits per heavy atom. The molecule has 0 radical (unpaired) electrons. The molecule has 7 nitrogen and oxygen atoms in total. The summed E-state index contributed by atoms with van der Waals surface area (Å²) in [7, 11) is 1.67. The predicted octanol–water partition coefficient (Wildman–Crippen LogP) is 5.29. The second-order valence-corrected chi connectivity index (χ2v) is 9.36. The standard InChI is InChI=1S/C28H27FN6O/c1-30-28(36)34-10-6-19(7-11-34)25-15-23-22(5-9-31-27(23)33-25)20-14-26-24(32-16-20)8-12-35(26)17-18-3-2-4-21(29)13-18/h2-5,8-9,12-16,19H,6-7,10-11,17H2,1H3,(H,30,36)(H,31,33). The first-order valence-electron chi connectivity index (χ1n) is 12.2. The molecule has 0 saturated carbocycles. The highest BCUT2D eigenvalue weighted by Gasteiger charge is 2.25. The molecule has 5 heterocycles. The molecular formula is C28H27FN6O. The van der Waals surface area contributed by atoms with E-state index < -0.39 is 0 Å². The molecule has 0 aliphatic carbocycles. The lowest BCUT2D eigenvalue weighted by atomic mass is 9.93. The molecular weight excluding hydrogens is 455 g/mol. The number of pyridine rings is 2. The fourth-order valence-electron chi connectivity index (χ4n) is 5.25. The maximum absolute atomic E-state index is 13.7. The number of fused-ring (bicyclic) bond motifs is 2. The topological polar surface area (TPSA) is 78.8 Å². The first kappa shape index (κ1) is 22.3. The van der Waals surface area contributed by atoms with Gasteiger partial charge < -0.3 is 19.8 Å². The van der Waals surface area contributed by atoms with Gasteiger partial charge in [0.15, 0.2) is 0 Å². The number of piperidine rings is 1. The Labute approximate surface area is 208 Å². The Kier molecular flexibility index (Phi) is 5.64. The minimum Gasteiger partial charge on any atom is -0.343 e. The number of carbonyl (C=O) groups is 1. The van der Waals surface area contributed by atoms with E-state index in [2.05, 4.69) is 32.0 Å². The highest BCUT2D eigenvalue weighted by molar-refractivity contribution is 5.95. The van der Waals surface area contributed by atoms with Crippen LogP contribution in [0.2, 0.25) is 0 Å². The number of likely N-dealkylation sites (tertiary alicyclic amines) is 1. The molecule has 1 saturated heterocycles. The van der Waals surface area contributed by atoms with E-state index in [-0.39, 0.29) is 11.8 Å². The zero-order chi connectivity index (χ0) is 24.6. The monoisotopic (exact) mass is 482 g/mol. The average molecular weight is 483 g/mol. The van der Waals surface area contributed by atoms with E-state index in [1.165, 1.54) is 6.07 Å². The van der Waals surface area contributed by atoms with Crippen molar-refractivity contribution in [1.29, 1.82) is 0 Å². The van der Waals surface area contributed by atoms with E-state index >= 15 is 0 Å². The van der Waals surface area contributed by atoms with Gasteiger partial charge in [-0.15, -0.1) is 0 Å². The van der Waals surface area contributed by atoms with Gasteiger partial charge in [-0.2, -0.15) is 0 Å². The van der Waals surface area contributed by atoms with Gasteiger partial charge in [-0.1, -0.05) is 12.1 Å². The summed E-state index contributed by atoms with van der Waals surface area (Å²) in [6.45, 7) is 2.05. The van der Waals surface area contributed by atoms with Gasteiger partial charge in [0.05, 0.1) is 11.0 Å². The molecule has 1 aromatic carbocycles. The number of nitrogens with one attached hydrogen (secondary N) is 2. The molecule has 4 aromatic heterocycles. The number of aromatic nitrogens is 4. The van der Waals surface area contributed by atoms with Crippen molar-refractivity contribution in [3.8, 4) is 11.1 Å². The molecule has 8 heteroatoms. The van der Waals surface area contributed by atoms with Crippen LogP contribution in [0.4, 0.5) is 9.18 Å². The molecule has 5 aromatic rings. The van der Waals surface area contributed by atoms with Gasteiger partial charge in [-0.05, 0) is 60.4 Å². The Bertz CT molecular complexity index is 1560. The zero-order valence-corrected chi connectivity index (χ0v) is 20.0. The second-order valence-electron chi connectivity index (χ2n) is 9.36. The lowest BCUT2D eigenvalue weighted by Gasteiger charge is -2.31. The van der Waals surface area contributed by atoms with Crippen LogP contribution >= 0.6 is 0 Å². The van der Waals surface area contributed by atoms with Gasteiger partial charge in [-0.3, -0.25) is 4.98 Å². The van der Waals surface area contributed by atoms with Gasteiger partial charge in [0.25, 0.3) is 0 Å². The number of amides is 2. The number of H-pyrrole nitrogens is 1. The quantitative estimate of drug-likeness (QED) is 0.366. The smallest absolute Gasteiger partial charge is 0.317 e. The maximum atomic E-state index is 13.7. The van der Waals surface area contributed by atoms with Crippen molar-refractivity contribution in [3.63, 3.8) is 0 Å². The van der Waals surface area contributed by atoms with Gasteiger partial charge in [0.2, 0.25) is 0 Å². The van der Waals surface area contributed by atoms with Crippen molar-refractivity contribution in [2.45, 2.75) is 25.3 Å². The van der Waals surface area contributed by atoms with E-state index in [1.807, 2.05) is 41.7 Å². The van der Waals surface area contributed by atoms with Crippen molar-refractivity contribution >= 4 is 28.1 Å². The van der Waals surface area contributed by atoms with Crippen LogP contribution in [-0.4, -0.2) is 50.6 Å². The summed E-state index contributed by atoms with van der Waals surface area (Å²) in [5.41, 5.74) is 6.89. The van der Waals surface area contributed by atoms with Crippen molar-refractivity contribution in [2.75, 3.05) is 20.1 Å². The number of halogens is 1. The number of hydrogen-bond acceptors (Lipinski definition) is 3. The molecule has 0 spiro atoms. The number of hydrogen-bond donors (Lipinski definition) is 2. The summed E-state index contributed by atoms with van der Waals surface area (Å²) in [5, 5.41) is 3.77. The molecule has 1 aliphatic heterocycles. The summed E-state index contributed by atoms with van der Waals surface area (Å²) >= 11 is 0. The summed E-state index contributed by atoms with van der Waals surface area (Å²) < 4.78 is 15.8. The van der Waals surface area contributed by atoms with Crippen LogP contribution < -0.4 is 5.32 Å². The number of nitrogens with zero attached hydrogens (tertiary/aromatic N) is 4. The van der Waals surface area contributed by atoms with E-state index in [0.717, 1.165) is 70.4 Å². The minimum atomic E-state index is -0.232. The third-order valence-corrected chi connectivity index (χ3v) is 7.16. The normalized spacial score (nSPS) is 14.6. The van der Waals surface area contributed by atoms with Gasteiger partial charge in [-0.25, -0.2) is 14.2 Å². The number of rotatable bonds is 4. The largest absolute Gasteiger partial charge is 0.343 e. The molecule has 0 bridgehead atoms. The fraction of sp³-hybridized carbons (Fsp3) is 0.250. The summed E-state index contributed by atoms with van der Waals surface area (Å²) in [6, 6.07) is 15.0. The maximum Gasteiger partial charge on any atom is 0.317 e. The third kappa shape index (κ3) is 4.08. The third-order valence-electron chi connectivity index (χ3n) is 7.16. The van der Waals surface area contributed by atoms with Crippen molar-refractivity contribution in [1.82, 2.24) is 29.7 Å². The molecule has 182 valence electrons. The van der Waals surface area contributed by atoms with Crippen LogP contribution in [0, 0.1) is 5.82 Å². The molecule has 6 rings (SSSR count). The lowest BCUT2D eigenvalue weighted by Crippen LogP contribution is -2.42. The Morgan fingerprint density at radius 2 is 2.00 bits per heavy atom. The van der Waals surface area contributed by atoms with Gasteiger partial charge >= 0.3 is 6.03 Å². The van der Waals surface area contributed by atoms with E-state index in [0.29, 0.717) is 12.5 Å². The van der Waals surface area contributed by atoms with Gasteiger partial charge in [0, 0.05) is 67.8 Å². The summed E-state index contributed by atoms with van der Waals surface area (Å²) in [4.78, 5) is 26.6. The SMILES string of the molecule is CNC(=O)N1CCC(c2cc3c(-c4cnc5ccn(Cc6cccc(F)c6)c5c4)ccnc3[nH]2)CC1. The molecule has 0 unspecified atom stereocenters. The molecule has 1 aliphatic rings. The fourth-order valence-corrected chi connectivity index (χ4v) is 5.25. The molecule has 1 fully saturated rings. The molecule has 2 N–H and O–H groups in total. The van der Waals surface area contributed by atoms with Gasteiger partial charge in [0.1, 0.15) is 11.5 Å². The van der Waals surface area contributed by atoms with Crippen molar-refractivity contribution in [2.24, 2.45) is 0 Å².